The highest BCUT2D eigenvalue weighted by Gasteiger charge is 2.15. The van der Waals surface area contributed by atoms with Crippen LogP contribution in [0.5, 0.6) is 5.75 Å². The monoisotopic (exact) mass is 302 g/mol. The molecule has 1 saturated carbocycles. The van der Waals surface area contributed by atoms with Crippen LogP contribution in [-0.4, -0.2) is 25.1 Å². The molecule has 1 fully saturated rings. The second-order valence-corrected chi connectivity index (χ2v) is 5.86. The lowest BCUT2D eigenvalue weighted by atomic mass is 9.93. The van der Waals surface area contributed by atoms with Crippen molar-refractivity contribution in [1.29, 1.82) is 0 Å². The zero-order valence-electron chi connectivity index (χ0n) is 13.1. The van der Waals surface area contributed by atoms with Crippen molar-refractivity contribution in [2.24, 2.45) is 5.73 Å². The Labute approximate surface area is 132 Å². The number of ether oxygens (including phenoxy) is 1. The van der Waals surface area contributed by atoms with Gasteiger partial charge in [-0.25, -0.2) is 0 Å². The molecule has 4 heteroatoms. The van der Waals surface area contributed by atoms with Crippen molar-refractivity contribution in [1.82, 2.24) is 5.32 Å². The zero-order valence-corrected chi connectivity index (χ0v) is 13.1. The molecule has 22 heavy (non-hydrogen) atoms. The fourth-order valence-corrected chi connectivity index (χ4v) is 2.57. The van der Waals surface area contributed by atoms with Gasteiger partial charge in [-0.3, -0.25) is 4.79 Å². The average molecular weight is 302 g/mol. The highest BCUT2D eigenvalue weighted by molar-refractivity contribution is 5.76. The van der Waals surface area contributed by atoms with Crippen LogP contribution in [0, 0.1) is 0 Å². The van der Waals surface area contributed by atoms with Crippen LogP contribution in [0.1, 0.15) is 36.8 Å². The predicted molar refractivity (Wildman–Crippen MR) is 89.0 cm³/mol. The Kier molecular flexibility index (Phi) is 6.46. The molecule has 1 aliphatic rings. The van der Waals surface area contributed by atoms with Crippen LogP contribution in [0.2, 0.25) is 0 Å². The highest BCUT2D eigenvalue weighted by atomic mass is 16.5. The fraction of sp³-hybridized carbons (Fsp3) is 0.500. The lowest BCUT2D eigenvalue weighted by Gasteiger charge is -2.26. The van der Waals surface area contributed by atoms with E-state index in [9.17, 15) is 4.79 Å². The largest absolute Gasteiger partial charge is 0.493 e. The van der Waals surface area contributed by atoms with Crippen LogP contribution in [0.15, 0.2) is 30.9 Å². The summed E-state index contributed by atoms with van der Waals surface area (Å²) in [5.41, 5.74) is 7.22. The summed E-state index contributed by atoms with van der Waals surface area (Å²) in [7, 11) is 0. The Morgan fingerprint density at radius 3 is 2.91 bits per heavy atom. The molecule has 0 saturated heterocycles. The maximum Gasteiger partial charge on any atom is 0.221 e. The van der Waals surface area contributed by atoms with Crippen LogP contribution in [0.3, 0.4) is 0 Å². The number of rotatable bonds is 10. The van der Waals surface area contributed by atoms with E-state index in [4.69, 9.17) is 10.5 Å². The molecule has 1 aliphatic carbocycles. The number of carbonyl (C=O) groups excluding carboxylic acids is 1. The van der Waals surface area contributed by atoms with E-state index < -0.39 is 0 Å². The molecule has 1 aromatic carbocycles. The Morgan fingerprint density at radius 1 is 1.45 bits per heavy atom. The zero-order chi connectivity index (χ0) is 15.8. The molecule has 1 amide bonds. The summed E-state index contributed by atoms with van der Waals surface area (Å²) >= 11 is 0. The van der Waals surface area contributed by atoms with Gasteiger partial charge in [-0.1, -0.05) is 24.6 Å². The van der Waals surface area contributed by atoms with Crippen molar-refractivity contribution in [3.8, 4) is 5.75 Å². The lowest BCUT2D eigenvalue weighted by Crippen LogP contribution is -2.36. The molecule has 0 heterocycles. The number of nitrogens with one attached hydrogen (secondary N) is 1. The normalized spacial score (nSPS) is 14.4. The first-order chi connectivity index (χ1) is 10.7. The summed E-state index contributed by atoms with van der Waals surface area (Å²) in [6.45, 7) is 5.47. The van der Waals surface area contributed by atoms with Crippen molar-refractivity contribution in [3.63, 3.8) is 0 Å². The number of benzene rings is 1. The molecule has 0 atom stereocenters. The molecular formula is C18H26N2O2. The smallest absolute Gasteiger partial charge is 0.221 e. The van der Waals surface area contributed by atoms with Crippen LogP contribution >= 0.6 is 0 Å². The summed E-state index contributed by atoms with van der Waals surface area (Å²) in [5, 5.41) is 3.53. The Balaban J connectivity index is 1.82. The number of nitrogens with two attached hydrogens (primary N) is 1. The number of primary amides is 1. The topological polar surface area (TPSA) is 64.4 Å². The molecule has 2 rings (SSSR count). The molecule has 0 radical (unpaired) electrons. The SMILES string of the molecule is C=CCc1cc(CC(N)=O)ccc1OCCCNC1CCC1. The molecule has 0 aromatic heterocycles. The minimum absolute atomic E-state index is 0.260. The van der Waals surface area contributed by atoms with Crippen molar-refractivity contribution < 1.29 is 9.53 Å². The molecule has 0 bridgehead atoms. The minimum atomic E-state index is -0.319. The Hall–Kier alpha value is -1.81. The quantitative estimate of drug-likeness (QED) is 0.515. The lowest BCUT2D eigenvalue weighted by molar-refractivity contribution is -0.117. The van der Waals surface area contributed by atoms with E-state index >= 15 is 0 Å². The van der Waals surface area contributed by atoms with Gasteiger partial charge >= 0.3 is 0 Å². The van der Waals surface area contributed by atoms with Gasteiger partial charge in [0.1, 0.15) is 5.75 Å². The first kappa shape index (κ1) is 16.6. The number of allylic oxidation sites excluding steroid dienone is 1. The first-order valence-electron chi connectivity index (χ1n) is 8.06. The van der Waals surface area contributed by atoms with Crippen molar-refractivity contribution in [3.05, 3.63) is 42.0 Å². The van der Waals surface area contributed by atoms with Crippen LogP contribution in [0.25, 0.3) is 0 Å². The van der Waals surface area contributed by atoms with E-state index in [1.807, 2.05) is 24.3 Å². The fourth-order valence-electron chi connectivity index (χ4n) is 2.57. The highest BCUT2D eigenvalue weighted by Crippen LogP contribution is 2.22. The van der Waals surface area contributed by atoms with E-state index in [1.54, 1.807) is 0 Å². The minimum Gasteiger partial charge on any atom is -0.493 e. The molecule has 0 aliphatic heterocycles. The first-order valence-corrected chi connectivity index (χ1v) is 8.06. The number of amides is 1. The van der Waals surface area contributed by atoms with Gasteiger partial charge in [0.25, 0.3) is 0 Å². The number of hydrogen-bond donors (Lipinski definition) is 2. The second kappa shape index (κ2) is 8.59. The molecular weight excluding hydrogens is 276 g/mol. The number of carbonyl (C=O) groups is 1. The molecule has 4 nitrogen and oxygen atoms in total. The van der Waals surface area contributed by atoms with Crippen LogP contribution in [-0.2, 0) is 17.6 Å². The van der Waals surface area contributed by atoms with E-state index in [2.05, 4.69) is 11.9 Å². The van der Waals surface area contributed by atoms with Gasteiger partial charge in [-0.15, -0.1) is 6.58 Å². The van der Waals surface area contributed by atoms with E-state index in [0.29, 0.717) is 6.61 Å². The van der Waals surface area contributed by atoms with Crippen molar-refractivity contribution in [2.45, 2.75) is 44.6 Å². The van der Waals surface area contributed by atoms with E-state index in [0.717, 1.165) is 42.3 Å². The Bertz CT molecular complexity index is 510. The van der Waals surface area contributed by atoms with Gasteiger partial charge in [-0.2, -0.15) is 0 Å². The van der Waals surface area contributed by atoms with E-state index in [-0.39, 0.29) is 12.3 Å². The van der Waals surface area contributed by atoms with Gasteiger partial charge in [0.15, 0.2) is 0 Å². The number of hydrogen-bond acceptors (Lipinski definition) is 3. The Morgan fingerprint density at radius 2 is 2.27 bits per heavy atom. The summed E-state index contributed by atoms with van der Waals surface area (Å²) in [6.07, 6.45) is 7.80. The van der Waals surface area contributed by atoms with Gasteiger partial charge in [0.2, 0.25) is 5.91 Å². The summed E-state index contributed by atoms with van der Waals surface area (Å²) in [5.74, 6) is 0.553. The molecule has 3 N–H and O–H groups in total. The third-order valence-electron chi connectivity index (χ3n) is 3.98. The summed E-state index contributed by atoms with van der Waals surface area (Å²) in [6, 6.07) is 6.54. The second-order valence-electron chi connectivity index (χ2n) is 5.86. The average Bonchev–Trinajstić information content (AvgIpc) is 2.42. The predicted octanol–water partition coefficient (Wildman–Crippen LogP) is 2.35. The van der Waals surface area contributed by atoms with Crippen molar-refractivity contribution >= 4 is 5.91 Å². The molecule has 0 unspecified atom stereocenters. The third-order valence-corrected chi connectivity index (χ3v) is 3.98. The third kappa shape index (κ3) is 5.19. The van der Waals surface area contributed by atoms with Gasteiger partial charge in [-0.05, 0) is 49.4 Å². The summed E-state index contributed by atoms with van der Waals surface area (Å²) in [4.78, 5) is 11.0. The standard InChI is InChI=1S/C18H26N2O2/c1-2-5-15-12-14(13-18(19)21)8-9-17(15)22-11-4-10-20-16-6-3-7-16/h2,8-9,12,16,20H,1,3-7,10-11,13H2,(H2,19,21). The van der Waals surface area contributed by atoms with Crippen LogP contribution in [0.4, 0.5) is 0 Å². The van der Waals surface area contributed by atoms with E-state index in [1.165, 1.54) is 19.3 Å². The van der Waals surface area contributed by atoms with Crippen molar-refractivity contribution in [2.75, 3.05) is 13.2 Å². The molecule has 1 aromatic rings. The maximum absolute atomic E-state index is 11.0. The van der Waals surface area contributed by atoms with Crippen LogP contribution < -0.4 is 15.8 Å². The molecule has 120 valence electrons. The van der Waals surface area contributed by atoms with Gasteiger partial charge in [0.05, 0.1) is 13.0 Å². The summed E-state index contributed by atoms with van der Waals surface area (Å²) < 4.78 is 5.88. The van der Waals surface area contributed by atoms with Gasteiger partial charge in [0, 0.05) is 6.04 Å². The van der Waals surface area contributed by atoms with Gasteiger partial charge < -0.3 is 15.8 Å². The molecule has 0 spiro atoms. The maximum atomic E-state index is 11.0.